The average molecular weight is 229 g/mol. The summed E-state index contributed by atoms with van der Waals surface area (Å²) in [6.45, 7) is 2.74. The third kappa shape index (κ3) is 2.59. The molecule has 0 atom stereocenters. The van der Waals surface area contributed by atoms with E-state index in [0.29, 0.717) is 5.56 Å². The zero-order valence-corrected chi connectivity index (χ0v) is 9.71. The van der Waals surface area contributed by atoms with E-state index in [0.717, 1.165) is 17.2 Å². The molecule has 1 heterocycles. The van der Waals surface area contributed by atoms with Crippen LogP contribution in [0.1, 0.15) is 15.4 Å². The zero-order valence-electron chi connectivity index (χ0n) is 8.90. The fraction of sp³-hybridized carbons (Fsp3) is 0.167. The quantitative estimate of drug-likeness (QED) is 0.880. The maximum atomic E-state index is 8.76. The first-order valence-electron chi connectivity index (χ1n) is 4.93. The number of thiazole rings is 1. The minimum absolute atomic E-state index is 0.672. The van der Waals surface area contributed by atoms with Crippen molar-refractivity contribution in [3.8, 4) is 6.07 Å². The Morgan fingerprint density at radius 2 is 2.38 bits per heavy atom. The molecule has 0 aliphatic heterocycles. The van der Waals surface area contributed by atoms with E-state index in [1.807, 2.05) is 31.3 Å². The van der Waals surface area contributed by atoms with Crippen molar-refractivity contribution in [2.75, 3.05) is 5.32 Å². The van der Waals surface area contributed by atoms with E-state index in [4.69, 9.17) is 5.26 Å². The van der Waals surface area contributed by atoms with E-state index in [9.17, 15) is 0 Å². The second kappa shape index (κ2) is 4.77. The molecule has 0 fully saturated rings. The van der Waals surface area contributed by atoms with Crippen LogP contribution in [0, 0.1) is 18.3 Å². The van der Waals surface area contributed by atoms with Gasteiger partial charge in [0.15, 0.2) is 0 Å². The maximum absolute atomic E-state index is 8.76. The lowest BCUT2D eigenvalue weighted by atomic mass is 10.2. The number of hydrogen-bond donors (Lipinski definition) is 1. The van der Waals surface area contributed by atoms with Gasteiger partial charge in [-0.2, -0.15) is 5.26 Å². The highest BCUT2D eigenvalue weighted by Gasteiger charge is 1.98. The van der Waals surface area contributed by atoms with Gasteiger partial charge in [0.2, 0.25) is 0 Å². The second-order valence-electron chi connectivity index (χ2n) is 3.39. The standard InChI is InChI=1S/C12H11N3S/c1-9-14-7-12(16-9)8-15-11-4-2-3-10(5-11)6-13/h2-5,7,15H,8H2,1H3. The molecule has 2 rings (SSSR count). The first-order valence-corrected chi connectivity index (χ1v) is 5.75. The van der Waals surface area contributed by atoms with Crippen LogP contribution >= 0.6 is 11.3 Å². The molecule has 0 unspecified atom stereocenters. The highest BCUT2D eigenvalue weighted by atomic mass is 32.1. The smallest absolute Gasteiger partial charge is 0.0992 e. The number of benzene rings is 1. The van der Waals surface area contributed by atoms with Gasteiger partial charge in [-0.25, -0.2) is 4.98 Å². The van der Waals surface area contributed by atoms with Crippen molar-refractivity contribution >= 4 is 17.0 Å². The van der Waals surface area contributed by atoms with Crippen molar-refractivity contribution in [1.82, 2.24) is 4.98 Å². The van der Waals surface area contributed by atoms with Crippen LogP contribution in [0.4, 0.5) is 5.69 Å². The van der Waals surface area contributed by atoms with E-state index in [1.165, 1.54) is 4.88 Å². The Morgan fingerprint density at radius 1 is 1.50 bits per heavy atom. The van der Waals surface area contributed by atoms with Crippen molar-refractivity contribution < 1.29 is 0 Å². The molecule has 0 aliphatic carbocycles. The van der Waals surface area contributed by atoms with Crippen LogP contribution in [0.15, 0.2) is 30.5 Å². The maximum Gasteiger partial charge on any atom is 0.0992 e. The van der Waals surface area contributed by atoms with Crippen molar-refractivity contribution in [3.63, 3.8) is 0 Å². The molecular weight excluding hydrogens is 218 g/mol. The molecule has 0 aliphatic rings. The summed E-state index contributed by atoms with van der Waals surface area (Å²) in [7, 11) is 0. The second-order valence-corrected chi connectivity index (χ2v) is 4.71. The summed E-state index contributed by atoms with van der Waals surface area (Å²) in [4.78, 5) is 5.38. The van der Waals surface area contributed by atoms with Crippen molar-refractivity contribution in [2.45, 2.75) is 13.5 Å². The van der Waals surface area contributed by atoms with Crippen LogP contribution in [0.2, 0.25) is 0 Å². The summed E-state index contributed by atoms with van der Waals surface area (Å²) in [6, 6.07) is 9.58. The van der Waals surface area contributed by atoms with Gasteiger partial charge in [0.25, 0.3) is 0 Å². The predicted molar refractivity (Wildman–Crippen MR) is 65.3 cm³/mol. The molecule has 1 N–H and O–H groups in total. The Hall–Kier alpha value is -1.86. The minimum atomic E-state index is 0.672. The molecule has 0 bridgehead atoms. The molecule has 80 valence electrons. The number of aromatic nitrogens is 1. The fourth-order valence-corrected chi connectivity index (χ4v) is 2.11. The van der Waals surface area contributed by atoms with Crippen LogP contribution in [-0.4, -0.2) is 4.98 Å². The Balaban J connectivity index is 2.02. The molecule has 16 heavy (non-hydrogen) atoms. The molecular formula is C12H11N3S. The molecule has 2 aromatic rings. The lowest BCUT2D eigenvalue weighted by Crippen LogP contribution is -1.97. The highest BCUT2D eigenvalue weighted by molar-refractivity contribution is 7.11. The summed E-state index contributed by atoms with van der Waals surface area (Å²) >= 11 is 1.68. The van der Waals surface area contributed by atoms with Gasteiger partial charge in [-0.3, -0.25) is 0 Å². The summed E-state index contributed by atoms with van der Waals surface area (Å²) in [6.07, 6.45) is 1.88. The van der Waals surface area contributed by atoms with Gasteiger partial charge in [0.05, 0.1) is 23.2 Å². The summed E-state index contributed by atoms with van der Waals surface area (Å²) in [5.74, 6) is 0. The van der Waals surface area contributed by atoms with Gasteiger partial charge in [-0.05, 0) is 25.1 Å². The molecule has 0 saturated carbocycles. The Bertz CT molecular complexity index is 525. The Kier molecular flexibility index (Phi) is 3.18. The molecule has 1 aromatic heterocycles. The minimum Gasteiger partial charge on any atom is -0.380 e. The molecule has 3 nitrogen and oxygen atoms in total. The largest absolute Gasteiger partial charge is 0.380 e. The Morgan fingerprint density at radius 3 is 3.06 bits per heavy atom. The molecule has 0 spiro atoms. The number of rotatable bonds is 3. The van der Waals surface area contributed by atoms with Gasteiger partial charge < -0.3 is 5.32 Å². The third-order valence-electron chi connectivity index (χ3n) is 2.13. The zero-order chi connectivity index (χ0) is 11.4. The first kappa shape index (κ1) is 10.7. The van der Waals surface area contributed by atoms with Crippen molar-refractivity contribution in [1.29, 1.82) is 5.26 Å². The van der Waals surface area contributed by atoms with E-state index in [2.05, 4.69) is 16.4 Å². The lowest BCUT2D eigenvalue weighted by molar-refractivity contribution is 1.17. The van der Waals surface area contributed by atoms with Crippen molar-refractivity contribution in [3.05, 3.63) is 45.9 Å². The molecule has 4 heteroatoms. The summed E-state index contributed by atoms with van der Waals surface area (Å²) in [5, 5.41) is 13.1. The fourth-order valence-electron chi connectivity index (χ4n) is 1.37. The lowest BCUT2D eigenvalue weighted by Gasteiger charge is -2.03. The number of hydrogen-bond acceptors (Lipinski definition) is 4. The van der Waals surface area contributed by atoms with Crippen LogP contribution in [0.3, 0.4) is 0 Å². The summed E-state index contributed by atoms with van der Waals surface area (Å²) < 4.78 is 0. The highest BCUT2D eigenvalue weighted by Crippen LogP contribution is 2.15. The number of aryl methyl sites for hydroxylation is 1. The number of nitrogens with zero attached hydrogens (tertiary/aromatic N) is 2. The number of anilines is 1. The Labute approximate surface area is 98.4 Å². The molecule has 0 saturated heterocycles. The summed E-state index contributed by atoms with van der Waals surface area (Å²) in [5.41, 5.74) is 1.63. The van der Waals surface area contributed by atoms with Gasteiger partial charge in [0, 0.05) is 16.8 Å². The van der Waals surface area contributed by atoms with Gasteiger partial charge in [-0.15, -0.1) is 11.3 Å². The van der Waals surface area contributed by atoms with Crippen LogP contribution in [0.25, 0.3) is 0 Å². The van der Waals surface area contributed by atoms with Gasteiger partial charge in [0.1, 0.15) is 0 Å². The van der Waals surface area contributed by atoms with Crippen LogP contribution in [-0.2, 0) is 6.54 Å². The van der Waals surface area contributed by atoms with E-state index in [-0.39, 0.29) is 0 Å². The van der Waals surface area contributed by atoms with E-state index in [1.54, 1.807) is 17.4 Å². The monoisotopic (exact) mass is 229 g/mol. The van der Waals surface area contributed by atoms with Crippen LogP contribution < -0.4 is 5.32 Å². The predicted octanol–water partition coefficient (Wildman–Crippen LogP) is 2.94. The normalized spacial score (nSPS) is 9.75. The molecule has 0 radical (unpaired) electrons. The van der Waals surface area contributed by atoms with Crippen molar-refractivity contribution in [2.24, 2.45) is 0 Å². The van der Waals surface area contributed by atoms with E-state index >= 15 is 0 Å². The molecule has 0 amide bonds. The molecule has 1 aromatic carbocycles. The van der Waals surface area contributed by atoms with E-state index < -0.39 is 0 Å². The number of nitrogens with one attached hydrogen (secondary N) is 1. The van der Waals surface area contributed by atoms with Gasteiger partial charge >= 0.3 is 0 Å². The first-order chi connectivity index (χ1) is 7.78. The van der Waals surface area contributed by atoms with Gasteiger partial charge in [-0.1, -0.05) is 6.07 Å². The average Bonchev–Trinajstić information content (AvgIpc) is 2.73. The number of nitriles is 1. The SMILES string of the molecule is Cc1ncc(CNc2cccc(C#N)c2)s1. The van der Waals surface area contributed by atoms with Crippen LogP contribution in [0.5, 0.6) is 0 Å². The topological polar surface area (TPSA) is 48.7 Å². The third-order valence-corrected chi connectivity index (χ3v) is 3.04.